The van der Waals surface area contributed by atoms with Crippen LogP contribution in [0, 0.1) is 6.92 Å². The molecule has 0 unspecified atom stereocenters. The van der Waals surface area contributed by atoms with Crippen LogP contribution in [-0.2, 0) is 9.53 Å². The Bertz CT molecular complexity index is 477. The second-order valence-corrected chi connectivity index (χ2v) is 5.10. The molecule has 5 nitrogen and oxygen atoms in total. The fraction of sp³-hybridized carbons (Fsp3) is 0.455. The minimum Gasteiger partial charge on any atom is -0.465 e. The lowest BCUT2D eigenvalue weighted by Gasteiger charge is -2.11. The predicted molar refractivity (Wildman–Crippen MR) is 65.2 cm³/mol. The quantitative estimate of drug-likeness (QED) is 0.796. The summed E-state index contributed by atoms with van der Waals surface area (Å²) in [4.78, 5) is 23.7. The van der Waals surface area contributed by atoms with Gasteiger partial charge in [0.1, 0.15) is 4.88 Å². The Morgan fingerprint density at radius 1 is 1.53 bits per heavy atom. The van der Waals surface area contributed by atoms with Crippen LogP contribution in [0.4, 0.5) is 5.69 Å². The Hall–Kier alpha value is -1.40. The predicted octanol–water partition coefficient (Wildman–Crippen LogP) is 1.27. The number of anilines is 1. The highest BCUT2D eigenvalue weighted by Gasteiger charge is 2.46. The maximum absolute atomic E-state index is 11.8. The van der Waals surface area contributed by atoms with Gasteiger partial charge in [0.2, 0.25) is 5.91 Å². The number of carbonyl (C=O) groups excluding carboxylic acids is 2. The summed E-state index contributed by atoms with van der Waals surface area (Å²) in [6.45, 7) is 1.83. The normalized spacial score (nSPS) is 16.4. The summed E-state index contributed by atoms with van der Waals surface area (Å²) in [5, 5.41) is 4.53. The van der Waals surface area contributed by atoms with E-state index in [0.717, 1.165) is 5.56 Å². The number of nitrogens with two attached hydrogens (primary N) is 1. The van der Waals surface area contributed by atoms with Crippen LogP contribution < -0.4 is 11.1 Å². The van der Waals surface area contributed by atoms with Crippen LogP contribution in [0.2, 0.25) is 0 Å². The second-order valence-electron chi connectivity index (χ2n) is 4.22. The van der Waals surface area contributed by atoms with Crippen LogP contribution in [0.1, 0.15) is 28.1 Å². The first-order valence-electron chi connectivity index (χ1n) is 5.24. The molecule has 92 valence electrons. The van der Waals surface area contributed by atoms with Crippen molar-refractivity contribution in [2.45, 2.75) is 25.3 Å². The van der Waals surface area contributed by atoms with Crippen LogP contribution in [-0.4, -0.2) is 24.5 Å². The molecule has 1 fully saturated rings. The van der Waals surface area contributed by atoms with E-state index in [0.29, 0.717) is 23.4 Å². The van der Waals surface area contributed by atoms with Gasteiger partial charge in [-0.1, -0.05) is 0 Å². The van der Waals surface area contributed by atoms with Crippen molar-refractivity contribution in [3.63, 3.8) is 0 Å². The molecule has 17 heavy (non-hydrogen) atoms. The number of amides is 1. The van der Waals surface area contributed by atoms with Gasteiger partial charge >= 0.3 is 5.97 Å². The van der Waals surface area contributed by atoms with Crippen molar-refractivity contribution in [1.82, 2.24) is 0 Å². The fourth-order valence-electron chi connectivity index (χ4n) is 1.44. The molecular formula is C11H14N2O3S. The number of hydrogen-bond acceptors (Lipinski definition) is 5. The minimum atomic E-state index is -0.748. The Morgan fingerprint density at radius 2 is 2.18 bits per heavy atom. The number of carbonyl (C=O) groups is 2. The molecule has 0 aromatic carbocycles. The molecule has 0 radical (unpaired) electrons. The first-order chi connectivity index (χ1) is 7.98. The zero-order valence-corrected chi connectivity index (χ0v) is 10.5. The highest BCUT2D eigenvalue weighted by atomic mass is 32.1. The first-order valence-corrected chi connectivity index (χ1v) is 6.12. The lowest BCUT2D eigenvalue weighted by Crippen LogP contribution is -2.38. The molecule has 1 aromatic rings. The molecule has 1 heterocycles. The molecule has 0 bridgehead atoms. The number of nitrogens with one attached hydrogen (secondary N) is 1. The van der Waals surface area contributed by atoms with Gasteiger partial charge in [-0.05, 0) is 30.7 Å². The Balaban J connectivity index is 2.22. The van der Waals surface area contributed by atoms with E-state index in [4.69, 9.17) is 5.73 Å². The Morgan fingerprint density at radius 3 is 2.71 bits per heavy atom. The Labute approximate surface area is 103 Å². The molecular weight excluding hydrogens is 240 g/mol. The summed E-state index contributed by atoms with van der Waals surface area (Å²) in [5.74, 6) is -0.676. The lowest BCUT2D eigenvalue weighted by molar-refractivity contribution is -0.118. The van der Waals surface area contributed by atoms with Gasteiger partial charge in [0, 0.05) is 0 Å². The molecule has 1 aromatic heterocycles. The number of ether oxygens (including phenoxy) is 1. The van der Waals surface area contributed by atoms with Crippen molar-refractivity contribution in [3.05, 3.63) is 15.8 Å². The molecule has 0 spiro atoms. The van der Waals surface area contributed by atoms with Gasteiger partial charge in [0.15, 0.2) is 0 Å². The molecule has 1 aliphatic rings. The zero-order chi connectivity index (χ0) is 12.6. The van der Waals surface area contributed by atoms with Gasteiger partial charge < -0.3 is 15.8 Å². The van der Waals surface area contributed by atoms with Crippen molar-refractivity contribution in [3.8, 4) is 0 Å². The highest BCUT2D eigenvalue weighted by molar-refractivity contribution is 7.12. The molecule has 0 atom stereocenters. The SMILES string of the molecule is COC(=O)c1scc(C)c1NC(=O)C1(N)CC1. The van der Waals surface area contributed by atoms with Gasteiger partial charge in [0.05, 0.1) is 18.3 Å². The van der Waals surface area contributed by atoms with E-state index < -0.39 is 11.5 Å². The molecule has 1 aliphatic carbocycles. The highest BCUT2D eigenvalue weighted by Crippen LogP contribution is 2.35. The number of esters is 1. The number of aryl methyl sites for hydroxylation is 1. The van der Waals surface area contributed by atoms with Gasteiger partial charge in [-0.25, -0.2) is 4.79 Å². The van der Waals surface area contributed by atoms with E-state index in [9.17, 15) is 9.59 Å². The number of thiophene rings is 1. The third-order valence-electron chi connectivity index (χ3n) is 2.83. The van der Waals surface area contributed by atoms with E-state index in [2.05, 4.69) is 10.1 Å². The summed E-state index contributed by atoms with van der Waals surface area (Å²) >= 11 is 1.25. The molecule has 2 rings (SSSR count). The summed E-state index contributed by atoms with van der Waals surface area (Å²) in [6, 6.07) is 0. The third kappa shape index (κ3) is 2.18. The molecule has 1 saturated carbocycles. The van der Waals surface area contributed by atoms with Crippen LogP contribution in [0.5, 0.6) is 0 Å². The van der Waals surface area contributed by atoms with Gasteiger partial charge in [-0.2, -0.15) is 0 Å². The lowest BCUT2D eigenvalue weighted by atomic mass is 10.2. The van der Waals surface area contributed by atoms with E-state index in [1.54, 1.807) is 5.38 Å². The third-order valence-corrected chi connectivity index (χ3v) is 3.90. The summed E-state index contributed by atoms with van der Waals surface area (Å²) in [6.07, 6.45) is 1.38. The minimum absolute atomic E-state index is 0.232. The van der Waals surface area contributed by atoms with Crippen LogP contribution >= 0.6 is 11.3 Å². The van der Waals surface area contributed by atoms with Crippen molar-refractivity contribution in [2.24, 2.45) is 5.73 Å². The standard InChI is InChI=1S/C11H14N2O3S/c1-6-5-17-8(9(14)16-2)7(6)13-10(15)11(12)3-4-11/h5H,3-4,12H2,1-2H3,(H,13,15). The van der Waals surface area contributed by atoms with E-state index in [1.165, 1.54) is 18.4 Å². The van der Waals surface area contributed by atoms with Crippen molar-refractivity contribution in [2.75, 3.05) is 12.4 Å². The summed E-state index contributed by atoms with van der Waals surface area (Å²) in [7, 11) is 1.31. The molecule has 6 heteroatoms. The average molecular weight is 254 g/mol. The van der Waals surface area contributed by atoms with Crippen molar-refractivity contribution < 1.29 is 14.3 Å². The average Bonchev–Trinajstić information content (AvgIpc) is 2.96. The van der Waals surface area contributed by atoms with Gasteiger partial charge in [0.25, 0.3) is 0 Å². The molecule has 3 N–H and O–H groups in total. The van der Waals surface area contributed by atoms with Crippen molar-refractivity contribution in [1.29, 1.82) is 0 Å². The first kappa shape index (κ1) is 12.1. The maximum atomic E-state index is 11.8. The summed E-state index contributed by atoms with van der Waals surface area (Å²) < 4.78 is 4.66. The van der Waals surface area contributed by atoms with Crippen LogP contribution in [0.15, 0.2) is 5.38 Å². The number of hydrogen-bond donors (Lipinski definition) is 2. The van der Waals surface area contributed by atoms with Gasteiger partial charge in [-0.15, -0.1) is 11.3 Å². The second kappa shape index (κ2) is 4.12. The van der Waals surface area contributed by atoms with Gasteiger partial charge in [-0.3, -0.25) is 4.79 Å². The molecule has 0 aliphatic heterocycles. The molecule has 1 amide bonds. The van der Waals surface area contributed by atoms with E-state index in [-0.39, 0.29) is 5.91 Å². The van der Waals surface area contributed by atoms with E-state index in [1.807, 2.05) is 6.92 Å². The van der Waals surface area contributed by atoms with Crippen molar-refractivity contribution >= 4 is 28.9 Å². The topological polar surface area (TPSA) is 81.4 Å². The molecule has 0 saturated heterocycles. The number of methoxy groups -OCH3 is 1. The van der Waals surface area contributed by atoms with E-state index >= 15 is 0 Å². The summed E-state index contributed by atoms with van der Waals surface area (Å²) in [5.41, 5.74) is 6.40. The number of rotatable bonds is 3. The largest absolute Gasteiger partial charge is 0.465 e. The maximum Gasteiger partial charge on any atom is 0.350 e. The zero-order valence-electron chi connectivity index (χ0n) is 9.70. The smallest absolute Gasteiger partial charge is 0.350 e. The van der Waals surface area contributed by atoms with Crippen LogP contribution in [0.25, 0.3) is 0 Å². The monoisotopic (exact) mass is 254 g/mol. The Kier molecular flexibility index (Phi) is 2.92. The van der Waals surface area contributed by atoms with Crippen LogP contribution in [0.3, 0.4) is 0 Å². The fourth-order valence-corrected chi connectivity index (χ4v) is 2.36.